The summed E-state index contributed by atoms with van der Waals surface area (Å²) in [7, 11) is -3.45. The van der Waals surface area contributed by atoms with Gasteiger partial charge in [0, 0.05) is 38.9 Å². The van der Waals surface area contributed by atoms with E-state index < -0.39 is 16.1 Å². The molecule has 0 atom stereocenters. The van der Waals surface area contributed by atoms with Crippen molar-refractivity contribution in [2.45, 2.75) is 79.3 Å². The minimum Gasteiger partial charge on any atom is -0.310 e. The number of nitrogens with zero attached hydrogens (tertiary/aromatic N) is 2. The molecule has 338 valence electrons. The summed E-state index contributed by atoms with van der Waals surface area (Å²) in [5.41, 5.74) is 15.6. The van der Waals surface area contributed by atoms with Gasteiger partial charge in [0.05, 0.1) is 27.5 Å². The van der Waals surface area contributed by atoms with Crippen LogP contribution in [-0.2, 0) is 5.41 Å². The quantitative estimate of drug-likeness (QED) is 0.0996. The molecule has 0 aliphatic carbocycles. The zero-order chi connectivity index (χ0) is 47.7. The molecule has 0 bridgehead atoms. The SMILES string of the molecule is Cc1ccc(-c2ccccc2)cc1N(c1cccc([Si](C)(C)C)c1)c1cc(N(c2cccc([Si](C)(C)C)c2)c2cc(-c3ccccc3)ccc2C)c2ccc3cc(C(C)(C)C)cc4ccc1c2c43. The van der Waals surface area contributed by atoms with Crippen LogP contribution in [0, 0.1) is 13.8 Å². The fraction of sp³-hybridized carbons (Fsp3) is 0.188. The fourth-order valence-corrected chi connectivity index (χ4v) is 12.4. The first kappa shape index (κ1) is 45.1. The Morgan fingerprint density at radius 2 is 0.779 bits per heavy atom. The molecule has 0 radical (unpaired) electrons. The Hall–Kier alpha value is -6.73. The fourth-order valence-electron chi connectivity index (χ4n) is 10.0. The molecule has 10 aromatic carbocycles. The van der Waals surface area contributed by atoms with Crippen LogP contribution in [0.5, 0.6) is 0 Å². The van der Waals surface area contributed by atoms with Crippen molar-refractivity contribution in [1.82, 2.24) is 0 Å². The Morgan fingerprint density at radius 3 is 1.18 bits per heavy atom. The van der Waals surface area contributed by atoms with Gasteiger partial charge in [0.2, 0.25) is 0 Å². The number of rotatable bonds is 10. The Morgan fingerprint density at radius 1 is 0.353 bits per heavy atom. The molecule has 4 heteroatoms. The predicted octanol–water partition coefficient (Wildman–Crippen LogP) is 17.9. The van der Waals surface area contributed by atoms with Crippen molar-refractivity contribution in [3.63, 3.8) is 0 Å². The van der Waals surface area contributed by atoms with Crippen LogP contribution in [-0.4, -0.2) is 16.1 Å². The summed E-state index contributed by atoms with van der Waals surface area (Å²) in [4.78, 5) is 5.18. The van der Waals surface area contributed by atoms with Crippen LogP contribution in [0.15, 0.2) is 188 Å². The Labute approximate surface area is 406 Å². The smallest absolute Gasteiger partial charge is 0.0776 e. The Balaban J connectivity index is 1.38. The minimum atomic E-state index is -1.73. The van der Waals surface area contributed by atoms with Gasteiger partial charge in [0.15, 0.2) is 0 Å². The maximum atomic E-state index is 2.59. The van der Waals surface area contributed by atoms with Gasteiger partial charge < -0.3 is 9.80 Å². The van der Waals surface area contributed by atoms with Crippen LogP contribution < -0.4 is 20.2 Å². The van der Waals surface area contributed by atoms with Crippen molar-refractivity contribution in [2.24, 2.45) is 0 Å². The van der Waals surface area contributed by atoms with Crippen molar-refractivity contribution >= 4 is 93.0 Å². The van der Waals surface area contributed by atoms with Crippen LogP contribution >= 0.6 is 0 Å². The number of hydrogen-bond acceptors (Lipinski definition) is 2. The minimum absolute atomic E-state index is 0.000263. The molecule has 0 saturated carbocycles. The summed E-state index contributed by atoms with van der Waals surface area (Å²) >= 11 is 0. The van der Waals surface area contributed by atoms with Crippen LogP contribution in [0.4, 0.5) is 34.1 Å². The summed E-state index contributed by atoms with van der Waals surface area (Å²) in [6.45, 7) is 26.3. The third-order valence-electron chi connectivity index (χ3n) is 14.1. The van der Waals surface area contributed by atoms with E-state index in [1.54, 1.807) is 0 Å². The second-order valence-corrected chi connectivity index (χ2v) is 32.2. The van der Waals surface area contributed by atoms with Gasteiger partial charge in [0.25, 0.3) is 0 Å². The lowest BCUT2D eigenvalue weighted by atomic mass is 9.83. The van der Waals surface area contributed by atoms with E-state index in [0.717, 1.165) is 11.4 Å². The first-order chi connectivity index (χ1) is 32.4. The summed E-state index contributed by atoms with van der Waals surface area (Å²) in [6.07, 6.45) is 0. The zero-order valence-electron chi connectivity index (χ0n) is 41.8. The van der Waals surface area contributed by atoms with Gasteiger partial charge in [-0.1, -0.05) is 216 Å². The van der Waals surface area contributed by atoms with Gasteiger partial charge in [-0.15, -0.1) is 0 Å². The first-order valence-electron chi connectivity index (χ1n) is 24.3. The molecule has 10 aromatic rings. The zero-order valence-corrected chi connectivity index (χ0v) is 43.8. The summed E-state index contributed by atoms with van der Waals surface area (Å²) in [5, 5.41) is 10.5. The molecule has 0 aromatic heterocycles. The van der Waals surface area contributed by atoms with Gasteiger partial charge in [-0.05, 0) is 117 Å². The van der Waals surface area contributed by atoms with Crippen LogP contribution in [0.3, 0.4) is 0 Å². The lowest BCUT2D eigenvalue weighted by Gasteiger charge is -2.34. The first-order valence-corrected chi connectivity index (χ1v) is 31.3. The molecule has 0 spiro atoms. The van der Waals surface area contributed by atoms with Crippen molar-refractivity contribution < 1.29 is 0 Å². The van der Waals surface area contributed by atoms with Gasteiger partial charge in [-0.2, -0.15) is 0 Å². The molecule has 0 amide bonds. The van der Waals surface area contributed by atoms with Crippen molar-refractivity contribution in [3.05, 3.63) is 205 Å². The van der Waals surface area contributed by atoms with Crippen LogP contribution in [0.2, 0.25) is 39.3 Å². The Kier molecular flexibility index (Phi) is 11.3. The lowest BCUT2D eigenvalue weighted by Crippen LogP contribution is -2.37. The largest absolute Gasteiger partial charge is 0.310 e. The molecule has 0 heterocycles. The highest BCUT2D eigenvalue weighted by Crippen LogP contribution is 2.52. The van der Waals surface area contributed by atoms with Gasteiger partial charge in [0.1, 0.15) is 0 Å². The van der Waals surface area contributed by atoms with E-state index in [1.807, 2.05) is 0 Å². The topological polar surface area (TPSA) is 6.48 Å². The molecule has 0 N–H and O–H groups in total. The molecule has 0 unspecified atom stereocenters. The van der Waals surface area contributed by atoms with Gasteiger partial charge >= 0.3 is 0 Å². The van der Waals surface area contributed by atoms with E-state index >= 15 is 0 Å². The maximum Gasteiger partial charge on any atom is 0.0776 e. The molecule has 68 heavy (non-hydrogen) atoms. The molecular formula is C64H64N2Si2. The Bertz CT molecular complexity index is 3260. The molecule has 10 rings (SSSR count). The molecule has 0 fully saturated rings. The number of hydrogen-bond donors (Lipinski definition) is 0. The van der Waals surface area contributed by atoms with Gasteiger partial charge in [-0.25, -0.2) is 0 Å². The molecule has 0 saturated heterocycles. The third kappa shape index (κ3) is 8.35. The average Bonchev–Trinajstić information content (AvgIpc) is 3.32. The number of aryl methyl sites for hydroxylation is 2. The maximum absolute atomic E-state index is 2.59. The predicted molar refractivity (Wildman–Crippen MR) is 305 cm³/mol. The highest BCUT2D eigenvalue weighted by molar-refractivity contribution is 6.89. The third-order valence-corrected chi connectivity index (χ3v) is 18.2. The average molecular weight is 917 g/mol. The summed E-state index contributed by atoms with van der Waals surface area (Å²) in [6, 6.07) is 71.6. The molecule has 2 nitrogen and oxygen atoms in total. The van der Waals surface area contributed by atoms with Crippen LogP contribution in [0.1, 0.15) is 37.5 Å². The second kappa shape index (κ2) is 17.1. The van der Waals surface area contributed by atoms with E-state index in [-0.39, 0.29) is 5.41 Å². The van der Waals surface area contributed by atoms with E-state index in [0.29, 0.717) is 0 Å². The molecule has 0 aliphatic heterocycles. The van der Waals surface area contributed by atoms with Gasteiger partial charge in [-0.3, -0.25) is 0 Å². The monoisotopic (exact) mass is 916 g/mol. The highest BCUT2D eigenvalue weighted by Gasteiger charge is 2.29. The normalized spacial score (nSPS) is 12.3. The van der Waals surface area contributed by atoms with Crippen molar-refractivity contribution in [3.8, 4) is 22.3 Å². The van der Waals surface area contributed by atoms with E-state index in [4.69, 9.17) is 0 Å². The molecular weight excluding hydrogens is 853 g/mol. The lowest BCUT2D eigenvalue weighted by molar-refractivity contribution is 0.591. The van der Waals surface area contributed by atoms with E-state index in [1.165, 1.54) is 104 Å². The van der Waals surface area contributed by atoms with E-state index in [2.05, 4.69) is 272 Å². The molecule has 0 aliphatic rings. The second-order valence-electron chi connectivity index (χ2n) is 22.1. The van der Waals surface area contributed by atoms with Crippen molar-refractivity contribution in [2.75, 3.05) is 9.80 Å². The standard InChI is InChI=1S/C64H64N2Si2/c1-43-28-30-47(45-20-14-12-15-21-45)38-58(43)65(52-24-18-26-54(40-52)67(6,7)8)60-42-61(57-35-33-50-37-51(64(3,4)5)36-49-32-34-56(60)63(57)62(49)50)66(53-25-19-27-55(41-53)68(9,10)11)59-39-48(31-29-44(59)2)46-22-16-13-17-23-46/h12-42H,1-11H3. The highest BCUT2D eigenvalue weighted by atomic mass is 28.3. The number of anilines is 6. The van der Waals surface area contributed by atoms with E-state index in [9.17, 15) is 0 Å². The number of benzene rings is 10. The summed E-state index contributed by atoms with van der Waals surface area (Å²) < 4.78 is 0. The van der Waals surface area contributed by atoms with Crippen molar-refractivity contribution in [1.29, 1.82) is 0 Å². The van der Waals surface area contributed by atoms with Crippen LogP contribution in [0.25, 0.3) is 54.6 Å². The summed E-state index contributed by atoms with van der Waals surface area (Å²) in [5.74, 6) is 0.